The number of carboxylic acids is 1. The molecule has 0 aromatic heterocycles. The van der Waals surface area contributed by atoms with Crippen molar-refractivity contribution >= 4 is 17.6 Å². The molecule has 0 radical (unpaired) electrons. The van der Waals surface area contributed by atoms with E-state index in [1.54, 1.807) is 18.0 Å². The molecule has 5 N–H and O–H groups in total. The number of hydrogen-bond donors (Lipinski definition) is 3. The molecule has 2 rings (SSSR count). The molecule has 1 aliphatic rings. The maximum absolute atomic E-state index is 11.6. The molecule has 102 valence electrons. The van der Waals surface area contributed by atoms with Gasteiger partial charge in [0.05, 0.1) is 12.8 Å². The lowest BCUT2D eigenvalue weighted by atomic mass is 9.96. The topological polar surface area (TPSA) is 110 Å². The highest BCUT2D eigenvalue weighted by Crippen LogP contribution is 2.30. The van der Waals surface area contributed by atoms with Gasteiger partial charge < -0.3 is 21.5 Å². The molecule has 0 spiro atoms. The quantitative estimate of drug-likeness (QED) is 0.708. The predicted octanol–water partition coefficient (Wildman–Crippen LogP) is 0.00730. The van der Waals surface area contributed by atoms with Gasteiger partial charge in [0.15, 0.2) is 0 Å². The van der Waals surface area contributed by atoms with Crippen molar-refractivity contribution in [2.45, 2.75) is 24.9 Å². The van der Waals surface area contributed by atoms with Crippen LogP contribution in [0.4, 0.5) is 5.69 Å². The third-order valence-electron chi connectivity index (χ3n) is 3.44. The van der Waals surface area contributed by atoms with E-state index in [2.05, 4.69) is 0 Å². The lowest BCUT2D eigenvalue weighted by molar-refractivity contribution is -0.137. The first kappa shape index (κ1) is 13.5. The molecule has 0 saturated heterocycles. The van der Waals surface area contributed by atoms with Gasteiger partial charge in [-0.3, -0.25) is 9.59 Å². The van der Waals surface area contributed by atoms with Crippen LogP contribution in [0.1, 0.15) is 23.6 Å². The second-order valence-electron chi connectivity index (χ2n) is 4.81. The van der Waals surface area contributed by atoms with Crippen LogP contribution in [-0.2, 0) is 16.0 Å². The van der Waals surface area contributed by atoms with Crippen LogP contribution in [0.5, 0.6) is 0 Å². The summed E-state index contributed by atoms with van der Waals surface area (Å²) in [6, 6.07) is 4.25. The number of anilines is 1. The normalized spacial score (nSPS) is 17.2. The van der Waals surface area contributed by atoms with E-state index in [4.69, 9.17) is 16.6 Å². The zero-order valence-electron chi connectivity index (χ0n) is 10.7. The Hall–Kier alpha value is -1.92. The Balaban J connectivity index is 2.21. The van der Waals surface area contributed by atoms with Gasteiger partial charge in [-0.2, -0.15) is 0 Å². The average molecular weight is 263 g/mol. The number of benzene rings is 1. The van der Waals surface area contributed by atoms with Gasteiger partial charge in [-0.05, 0) is 17.2 Å². The fourth-order valence-corrected chi connectivity index (χ4v) is 2.27. The zero-order chi connectivity index (χ0) is 14.2. The molecule has 6 heteroatoms. The molecule has 1 aliphatic heterocycles. The Kier molecular flexibility index (Phi) is 3.55. The summed E-state index contributed by atoms with van der Waals surface area (Å²) >= 11 is 0. The van der Waals surface area contributed by atoms with E-state index < -0.39 is 18.1 Å². The van der Waals surface area contributed by atoms with Crippen LogP contribution in [0.3, 0.4) is 0 Å². The smallest absolute Gasteiger partial charge is 0.304 e. The fraction of sp³-hybridized carbons (Fsp3) is 0.385. The van der Waals surface area contributed by atoms with Crippen molar-refractivity contribution in [2.24, 2.45) is 11.5 Å². The highest BCUT2D eigenvalue weighted by molar-refractivity contribution is 6.00. The number of fused-ring (bicyclic) bond motifs is 1. The second kappa shape index (κ2) is 4.99. The molecule has 0 bridgehead atoms. The summed E-state index contributed by atoms with van der Waals surface area (Å²) in [5.74, 6) is -0.936. The van der Waals surface area contributed by atoms with E-state index in [-0.39, 0.29) is 12.3 Å². The zero-order valence-corrected chi connectivity index (χ0v) is 10.7. The first-order valence-corrected chi connectivity index (χ1v) is 6.02. The largest absolute Gasteiger partial charge is 0.481 e. The van der Waals surface area contributed by atoms with Crippen molar-refractivity contribution in [3.8, 4) is 0 Å². The molecule has 1 heterocycles. The van der Waals surface area contributed by atoms with Crippen molar-refractivity contribution in [1.82, 2.24) is 0 Å². The summed E-state index contributed by atoms with van der Waals surface area (Å²) in [7, 11) is 1.73. The van der Waals surface area contributed by atoms with Crippen molar-refractivity contribution in [3.05, 3.63) is 29.3 Å². The lowest BCUT2D eigenvalue weighted by Crippen LogP contribution is -2.36. The fourth-order valence-electron chi connectivity index (χ4n) is 2.27. The van der Waals surface area contributed by atoms with Crippen molar-refractivity contribution in [2.75, 3.05) is 11.9 Å². The van der Waals surface area contributed by atoms with Gasteiger partial charge in [0.25, 0.3) is 0 Å². The number of carbonyl (C=O) groups is 2. The summed E-state index contributed by atoms with van der Waals surface area (Å²) in [4.78, 5) is 23.8. The molecular weight excluding hydrogens is 246 g/mol. The average Bonchev–Trinajstić information content (AvgIpc) is 2.63. The standard InChI is InChI=1S/C13H17N3O3/c1-16-10-3-2-7(4-8(10)5-11(16)17)13(15)9(14)6-12(18)19/h2-4,9,13H,5-6,14-15H2,1H3,(H,18,19). The number of carboxylic acid groups (broad SMARTS) is 1. The van der Waals surface area contributed by atoms with E-state index in [9.17, 15) is 9.59 Å². The van der Waals surface area contributed by atoms with Crippen LogP contribution in [0.2, 0.25) is 0 Å². The number of nitrogens with zero attached hydrogens (tertiary/aromatic N) is 1. The first-order valence-electron chi connectivity index (χ1n) is 6.02. The Morgan fingerprint density at radius 2 is 2.16 bits per heavy atom. The summed E-state index contributed by atoms with van der Waals surface area (Å²) in [5, 5.41) is 8.72. The SMILES string of the molecule is CN1C(=O)Cc2cc(C(N)C(N)CC(=O)O)ccc21. The minimum atomic E-state index is -0.973. The van der Waals surface area contributed by atoms with Gasteiger partial charge in [0.1, 0.15) is 0 Å². The number of amides is 1. The summed E-state index contributed by atoms with van der Waals surface area (Å²) in [6.45, 7) is 0. The number of rotatable bonds is 4. The Bertz CT molecular complexity index is 530. The molecular formula is C13H17N3O3. The lowest BCUT2D eigenvalue weighted by Gasteiger charge is -2.19. The maximum Gasteiger partial charge on any atom is 0.304 e. The highest BCUT2D eigenvalue weighted by Gasteiger charge is 2.26. The van der Waals surface area contributed by atoms with Gasteiger partial charge >= 0.3 is 5.97 Å². The second-order valence-corrected chi connectivity index (χ2v) is 4.81. The van der Waals surface area contributed by atoms with Crippen molar-refractivity contribution < 1.29 is 14.7 Å². The van der Waals surface area contributed by atoms with Gasteiger partial charge in [0, 0.05) is 24.8 Å². The number of aliphatic carboxylic acids is 1. The van der Waals surface area contributed by atoms with Gasteiger partial charge in [0.2, 0.25) is 5.91 Å². The van der Waals surface area contributed by atoms with Crippen LogP contribution < -0.4 is 16.4 Å². The number of carbonyl (C=O) groups excluding carboxylic acids is 1. The predicted molar refractivity (Wildman–Crippen MR) is 70.7 cm³/mol. The molecule has 19 heavy (non-hydrogen) atoms. The molecule has 1 amide bonds. The summed E-state index contributed by atoms with van der Waals surface area (Å²) in [6.07, 6.45) is 0.164. The molecule has 2 atom stereocenters. The van der Waals surface area contributed by atoms with E-state index in [0.717, 1.165) is 16.8 Å². The van der Waals surface area contributed by atoms with E-state index in [0.29, 0.717) is 6.42 Å². The Morgan fingerprint density at radius 1 is 1.47 bits per heavy atom. The minimum Gasteiger partial charge on any atom is -0.481 e. The van der Waals surface area contributed by atoms with Crippen LogP contribution in [0, 0.1) is 0 Å². The third-order valence-corrected chi connectivity index (χ3v) is 3.44. The molecule has 0 aliphatic carbocycles. The molecule has 2 unspecified atom stereocenters. The molecule has 0 fully saturated rings. The summed E-state index contributed by atoms with van der Waals surface area (Å²) < 4.78 is 0. The monoisotopic (exact) mass is 263 g/mol. The van der Waals surface area contributed by atoms with Crippen molar-refractivity contribution in [1.29, 1.82) is 0 Å². The molecule has 0 saturated carbocycles. The molecule has 6 nitrogen and oxygen atoms in total. The van der Waals surface area contributed by atoms with Crippen LogP contribution in [-0.4, -0.2) is 30.1 Å². The van der Waals surface area contributed by atoms with E-state index in [1.165, 1.54) is 0 Å². The number of nitrogens with two attached hydrogens (primary N) is 2. The van der Waals surface area contributed by atoms with Crippen LogP contribution in [0.15, 0.2) is 18.2 Å². The van der Waals surface area contributed by atoms with E-state index in [1.807, 2.05) is 12.1 Å². The number of likely N-dealkylation sites (N-methyl/N-ethyl adjacent to an activating group) is 1. The maximum atomic E-state index is 11.6. The Morgan fingerprint density at radius 3 is 2.79 bits per heavy atom. The number of hydrogen-bond acceptors (Lipinski definition) is 4. The van der Waals surface area contributed by atoms with Gasteiger partial charge in [-0.1, -0.05) is 12.1 Å². The summed E-state index contributed by atoms with van der Waals surface area (Å²) in [5.41, 5.74) is 14.3. The highest BCUT2D eigenvalue weighted by atomic mass is 16.4. The van der Waals surface area contributed by atoms with Gasteiger partial charge in [-0.15, -0.1) is 0 Å². The van der Waals surface area contributed by atoms with Gasteiger partial charge in [-0.25, -0.2) is 0 Å². The molecule has 1 aromatic rings. The van der Waals surface area contributed by atoms with Crippen LogP contribution in [0.25, 0.3) is 0 Å². The minimum absolute atomic E-state index is 0.0376. The molecule has 1 aromatic carbocycles. The van der Waals surface area contributed by atoms with E-state index >= 15 is 0 Å². The van der Waals surface area contributed by atoms with Crippen LogP contribution >= 0.6 is 0 Å². The van der Waals surface area contributed by atoms with Crippen molar-refractivity contribution in [3.63, 3.8) is 0 Å². The Labute approximate surface area is 111 Å². The first-order chi connectivity index (χ1) is 8.90. The third kappa shape index (κ3) is 2.59.